The van der Waals surface area contributed by atoms with Crippen LogP contribution in [0.15, 0.2) is 35.2 Å². The van der Waals surface area contributed by atoms with E-state index in [0.717, 1.165) is 0 Å². The summed E-state index contributed by atoms with van der Waals surface area (Å²) in [7, 11) is -3.43. The molecule has 0 bridgehead atoms. The van der Waals surface area contributed by atoms with Crippen LogP contribution in [-0.2, 0) is 19.3 Å². The topological polar surface area (TPSA) is 164 Å². The number of anilines is 2. The van der Waals surface area contributed by atoms with E-state index in [-0.39, 0.29) is 52.2 Å². The largest absolute Gasteiger partial charge is 0.508 e. The summed E-state index contributed by atoms with van der Waals surface area (Å²) < 4.78 is 39.8. The lowest BCUT2D eigenvalue weighted by atomic mass is 10.1. The van der Waals surface area contributed by atoms with Gasteiger partial charge in [-0.1, -0.05) is 6.92 Å². The normalized spacial score (nSPS) is 14.5. The fraction of sp³-hybridized carbons (Fsp3) is 0.429. The first-order valence-electron chi connectivity index (χ1n) is 10.7. The molecule has 13 heteroatoms. The molecule has 1 aliphatic heterocycles. The summed E-state index contributed by atoms with van der Waals surface area (Å²) in [5.41, 5.74) is 5.86. The second-order valence-corrected chi connectivity index (χ2v) is 9.72. The van der Waals surface area contributed by atoms with Crippen LogP contribution in [0.3, 0.4) is 0 Å². The number of nitrogen functional groups attached to an aromatic ring is 1. The van der Waals surface area contributed by atoms with Gasteiger partial charge in [0.1, 0.15) is 6.10 Å². The lowest BCUT2D eigenvalue weighted by Crippen LogP contribution is -2.38. The minimum atomic E-state index is -3.43. The highest BCUT2D eigenvalue weighted by molar-refractivity contribution is 7.91. The van der Waals surface area contributed by atoms with Gasteiger partial charge in [-0.3, -0.25) is 10.1 Å². The summed E-state index contributed by atoms with van der Waals surface area (Å²) in [5, 5.41) is 11.6. The van der Waals surface area contributed by atoms with Gasteiger partial charge in [0, 0.05) is 38.1 Å². The minimum Gasteiger partial charge on any atom is -0.437 e. The molecule has 184 valence electrons. The van der Waals surface area contributed by atoms with E-state index in [0.29, 0.717) is 25.9 Å². The lowest BCUT2D eigenvalue weighted by molar-refractivity contribution is -0.384. The average Bonchev–Trinajstić information content (AvgIpc) is 2.80. The van der Waals surface area contributed by atoms with Gasteiger partial charge in [0.25, 0.3) is 0 Å². The van der Waals surface area contributed by atoms with Crippen LogP contribution in [-0.4, -0.2) is 56.0 Å². The molecule has 1 aromatic carbocycles. The van der Waals surface area contributed by atoms with Crippen molar-refractivity contribution < 1.29 is 32.3 Å². The molecule has 1 fully saturated rings. The highest BCUT2D eigenvalue weighted by atomic mass is 32.2. The monoisotopic (exact) mass is 494 g/mol. The van der Waals surface area contributed by atoms with Crippen LogP contribution < -0.4 is 15.4 Å². The third-order valence-electron chi connectivity index (χ3n) is 5.23. The minimum absolute atomic E-state index is 0.0586. The molecule has 1 aliphatic rings. The van der Waals surface area contributed by atoms with Crippen LogP contribution in [0.5, 0.6) is 11.6 Å². The van der Waals surface area contributed by atoms with Gasteiger partial charge in [0.05, 0.1) is 27.9 Å². The van der Waals surface area contributed by atoms with Crippen LogP contribution in [0, 0.1) is 10.1 Å². The zero-order valence-corrected chi connectivity index (χ0v) is 19.6. The number of sulfone groups is 1. The number of rotatable bonds is 8. The number of benzene rings is 1. The van der Waals surface area contributed by atoms with E-state index in [4.69, 9.17) is 19.9 Å². The Morgan fingerprint density at radius 1 is 1.24 bits per heavy atom. The molecule has 0 unspecified atom stereocenters. The van der Waals surface area contributed by atoms with E-state index in [1.807, 2.05) is 0 Å². The van der Waals surface area contributed by atoms with Crippen molar-refractivity contribution in [3.63, 3.8) is 0 Å². The number of carbonyl (C=O) groups is 1. The van der Waals surface area contributed by atoms with Crippen molar-refractivity contribution >= 4 is 33.2 Å². The van der Waals surface area contributed by atoms with Gasteiger partial charge in [-0.2, -0.15) is 4.98 Å². The molecular weight excluding hydrogens is 468 g/mol. The Hall–Kier alpha value is -3.61. The molecule has 1 aromatic heterocycles. The van der Waals surface area contributed by atoms with Gasteiger partial charge in [0.15, 0.2) is 15.6 Å². The molecule has 0 radical (unpaired) electrons. The van der Waals surface area contributed by atoms with Crippen LogP contribution >= 0.6 is 0 Å². The molecule has 0 spiro atoms. The molecule has 12 nitrogen and oxygen atoms in total. The number of nitrogens with two attached hydrogens (primary N) is 1. The summed E-state index contributed by atoms with van der Waals surface area (Å²) in [6.07, 6.45) is -0.200. The average molecular weight is 495 g/mol. The molecule has 3 rings (SSSR count). The molecule has 0 amide bonds. The predicted octanol–water partition coefficient (Wildman–Crippen LogP) is 3.30. The van der Waals surface area contributed by atoms with E-state index in [2.05, 4.69) is 4.98 Å². The van der Waals surface area contributed by atoms with Crippen molar-refractivity contribution in [2.75, 3.05) is 36.1 Å². The van der Waals surface area contributed by atoms with Crippen molar-refractivity contribution in [3.05, 3.63) is 40.4 Å². The number of piperidine rings is 1. The van der Waals surface area contributed by atoms with Crippen molar-refractivity contribution in [2.45, 2.75) is 37.7 Å². The fourth-order valence-corrected chi connectivity index (χ4v) is 4.34. The molecule has 34 heavy (non-hydrogen) atoms. The van der Waals surface area contributed by atoms with Gasteiger partial charge in [-0.25, -0.2) is 13.2 Å². The predicted molar refractivity (Wildman–Crippen MR) is 123 cm³/mol. The maximum absolute atomic E-state index is 12.0. The number of aromatic nitrogens is 1. The fourth-order valence-electron chi connectivity index (χ4n) is 3.42. The molecule has 1 saturated heterocycles. The molecule has 2 aromatic rings. The zero-order chi connectivity index (χ0) is 24.9. The van der Waals surface area contributed by atoms with E-state index in [9.17, 15) is 23.3 Å². The van der Waals surface area contributed by atoms with Crippen LogP contribution in [0.1, 0.15) is 26.7 Å². The molecule has 2 N–H and O–H groups in total. The lowest BCUT2D eigenvalue weighted by Gasteiger charge is -2.31. The van der Waals surface area contributed by atoms with Crippen molar-refractivity contribution in [3.8, 4) is 11.6 Å². The van der Waals surface area contributed by atoms with E-state index in [1.54, 1.807) is 11.8 Å². The van der Waals surface area contributed by atoms with Gasteiger partial charge < -0.3 is 24.8 Å². The number of hydrogen-bond acceptors (Lipinski definition) is 11. The van der Waals surface area contributed by atoms with Crippen molar-refractivity contribution in [1.29, 1.82) is 0 Å². The summed E-state index contributed by atoms with van der Waals surface area (Å²) in [6, 6.07) is 6.72. The summed E-state index contributed by atoms with van der Waals surface area (Å²) in [6.45, 7) is 4.16. The van der Waals surface area contributed by atoms with E-state index in [1.165, 1.54) is 37.3 Å². The Morgan fingerprint density at radius 3 is 2.53 bits per heavy atom. The maximum Gasteiger partial charge on any atom is 0.508 e. The Morgan fingerprint density at radius 2 is 1.94 bits per heavy atom. The Bertz CT molecular complexity index is 1160. The van der Waals surface area contributed by atoms with Crippen LogP contribution in [0.25, 0.3) is 0 Å². The Kier molecular flexibility index (Phi) is 7.76. The molecule has 0 aliphatic carbocycles. The van der Waals surface area contributed by atoms with Gasteiger partial charge in [-0.15, -0.1) is 0 Å². The second-order valence-electron chi connectivity index (χ2n) is 7.44. The first kappa shape index (κ1) is 25.0. The van der Waals surface area contributed by atoms with Crippen molar-refractivity contribution in [2.24, 2.45) is 0 Å². The first-order chi connectivity index (χ1) is 16.1. The second kappa shape index (κ2) is 10.5. The number of nitro groups is 1. The zero-order valence-electron chi connectivity index (χ0n) is 18.8. The molecule has 0 atom stereocenters. The SMILES string of the molecule is CCOC(=O)OC1CCN(c2nc(Oc3ccc(S(=O)(=O)CC)cc3N)ccc2[N+](=O)[O-])CC1. The summed E-state index contributed by atoms with van der Waals surface area (Å²) in [4.78, 5) is 28.7. The van der Waals surface area contributed by atoms with Crippen LogP contribution in [0.4, 0.5) is 22.0 Å². The van der Waals surface area contributed by atoms with Gasteiger partial charge in [0.2, 0.25) is 11.7 Å². The third-order valence-corrected chi connectivity index (χ3v) is 6.96. The highest BCUT2D eigenvalue weighted by Gasteiger charge is 2.29. The first-order valence-corrected chi connectivity index (χ1v) is 12.3. The number of nitrogens with zero attached hydrogens (tertiary/aromatic N) is 3. The smallest absolute Gasteiger partial charge is 0.437 e. The molecule has 2 heterocycles. The summed E-state index contributed by atoms with van der Waals surface area (Å²) >= 11 is 0. The quantitative estimate of drug-likeness (QED) is 0.248. The molecular formula is C21H26N4O8S. The highest BCUT2D eigenvalue weighted by Crippen LogP contribution is 2.34. The van der Waals surface area contributed by atoms with E-state index >= 15 is 0 Å². The number of carbonyl (C=O) groups excluding carboxylic acids is 1. The van der Waals surface area contributed by atoms with Crippen molar-refractivity contribution in [1.82, 2.24) is 4.98 Å². The van der Waals surface area contributed by atoms with Crippen LogP contribution in [0.2, 0.25) is 0 Å². The summed E-state index contributed by atoms with van der Waals surface area (Å²) in [5.74, 6) is 0.273. The Balaban J connectivity index is 1.78. The third kappa shape index (κ3) is 5.84. The maximum atomic E-state index is 12.0. The Labute approximate surface area is 196 Å². The molecule has 0 saturated carbocycles. The number of pyridine rings is 1. The number of ether oxygens (including phenoxy) is 3. The standard InChI is InChI=1S/C21H26N4O8S/c1-3-31-21(26)32-14-9-11-24(12-10-14)20-17(25(27)28)6-8-19(23-20)33-18-7-5-15(13-16(18)22)34(29,30)4-2/h5-8,13-14H,3-4,9-12,22H2,1-2H3. The van der Waals surface area contributed by atoms with Gasteiger partial charge in [-0.05, 0) is 25.1 Å². The van der Waals surface area contributed by atoms with Gasteiger partial charge >= 0.3 is 11.8 Å². The van der Waals surface area contributed by atoms with E-state index < -0.39 is 20.9 Å². The number of hydrogen-bond donors (Lipinski definition) is 1.